The molecule has 1 unspecified atom stereocenters. The Balaban J connectivity index is 1.52. The summed E-state index contributed by atoms with van der Waals surface area (Å²) in [5, 5.41) is 7.69. The van der Waals surface area contributed by atoms with Gasteiger partial charge >= 0.3 is 0 Å². The zero-order valence-electron chi connectivity index (χ0n) is 17.9. The van der Waals surface area contributed by atoms with Gasteiger partial charge in [-0.05, 0) is 30.2 Å². The second-order valence-electron chi connectivity index (χ2n) is 8.08. The van der Waals surface area contributed by atoms with E-state index in [1.807, 2.05) is 24.3 Å². The monoisotopic (exact) mass is 464 g/mol. The second-order valence-corrected chi connectivity index (χ2v) is 9.37. The Hall–Kier alpha value is -2.51. The quantitative estimate of drug-likeness (QED) is 0.390. The Labute approximate surface area is 197 Å². The van der Waals surface area contributed by atoms with Gasteiger partial charge in [0.1, 0.15) is 17.0 Å². The summed E-state index contributed by atoms with van der Waals surface area (Å²) in [5.41, 5.74) is 4.74. The summed E-state index contributed by atoms with van der Waals surface area (Å²) >= 11 is 7.75. The molecule has 0 aliphatic carbocycles. The number of morpholine rings is 1. The molecule has 0 spiro atoms. The van der Waals surface area contributed by atoms with Crippen LogP contribution in [0.15, 0.2) is 60.2 Å². The van der Waals surface area contributed by atoms with E-state index in [2.05, 4.69) is 56.8 Å². The maximum Gasteiger partial charge on any atom is 0.139 e. The fraction of sp³-hybridized carbons (Fsp3) is 0.280. The molecule has 7 heteroatoms. The lowest BCUT2D eigenvalue weighted by molar-refractivity contribution is 0.0361. The minimum Gasteiger partial charge on any atom is -0.379 e. The molecule has 1 fully saturated rings. The molecule has 1 saturated heterocycles. The maximum absolute atomic E-state index is 6.11. The van der Waals surface area contributed by atoms with Crippen LogP contribution in [0.2, 0.25) is 5.02 Å². The van der Waals surface area contributed by atoms with Gasteiger partial charge in [0, 0.05) is 35.6 Å². The van der Waals surface area contributed by atoms with E-state index in [4.69, 9.17) is 16.3 Å². The van der Waals surface area contributed by atoms with Crippen LogP contribution in [0.1, 0.15) is 17.2 Å². The van der Waals surface area contributed by atoms with E-state index in [0.29, 0.717) is 0 Å². The summed E-state index contributed by atoms with van der Waals surface area (Å²) in [6.45, 7) is 6.45. The molecule has 164 valence electrons. The SMILES string of the molecule is Cc1ccc(C(CN2CCOCC2)Nc2ncnc3scc(-c4ccc(Cl)cc4)c23)cc1. The highest BCUT2D eigenvalue weighted by atomic mass is 35.5. The average molecular weight is 465 g/mol. The third-order valence-corrected chi connectivity index (χ3v) is 7.00. The zero-order valence-corrected chi connectivity index (χ0v) is 19.5. The minimum absolute atomic E-state index is 0.102. The van der Waals surface area contributed by atoms with Crippen molar-refractivity contribution in [2.24, 2.45) is 0 Å². The number of aryl methyl sites for hydroxylation is 1. The molecule has 5 rings (SSSR count). The molecule has 1 aliphatic heterocycles. The molecule has 2 aromatic heterocycles. The number of halogens is 1. The van der Waals surface area contributed by atoms with Gasteiger partial charge in [0.05, 0.1) is 24.6 Å². The summed E-state index contributed by atoms with van der Waals surface area (Å²) in [5.74, 6) is 0.861. The van der Waals surface area contributed by atoms with Gasteiger partial charge in [-0.1, -0.05) is 53.6 Å². The number of nitrogens with one attached hydrogen (secondary N) is 1. The number of rotatable bonds is 6. The Morgan fingerprint density at radius 3 is 2.56 bits per heavy atom. The number of thiophene rings is 1. The molecule has 1 aliphatic rings. The van der Waals surface area contributed by atoms with Gasteiger partial charge in [0.25, 0.3) is 0 Å². The van der Waals surface area contributed by atoms with Crippen molar-refractivity contribution in [3.05, 3.63) is 76.4 Å². The minimum atomic E-state index is 0.102. The first-order valence-corrected chi connectivity index (χ1v) is 12.0. The summed E-state index contributed by atoms with van der Waals surface area (Å²) in [6, 6.07) is 16.8. The maximum atomic E-state index is 6.11. The molecule has 1 N–H and O–H groups in total. The Kier molecular flexibility index (Phi) is 6.37. The number of anilines is 1. The highest BCUT2D eigenvalue weighted by Crippen LogP contribution is 2.38. The third-order valence-electron chi connectivity index (χ3n) is 5.86. The van der Waals surface area contributed by atoms with Crippen molar-refractivity contribution >= 4 is 39.0 Å². The number of hydrogen-bond acceptors (Lipinski definition) is 6. The first-order valence-electron chi connectivity index (χ1n) is 10.8. The molecule has 3 heterocycles. The van der Waals surface area contributed by atoms with E-state index >= 15 is 0 Å². The van der Waals surface area contributed by atoms with Crippen LogP contribution in [-0.2, 0) is 4.74 Å². The van der Waals surface area contributed by atoms with E-state index < -0.39 is 0 Å². The van der Waals surface area contributed by atoms with Crippen molar-refractivity contribution in [2.45, 2.75) is 13.0 Å². The Morgan fingerprint density at radius 1 is 1.06 bits per heavy atom. The molecule has 0 saturated carbocycles. The van der Waals surface area contributed by atoms with E-state index in [9.17, 15) is 0 Å². The largest absolute Gasteiger partial charge is 0.379 e. The number of ether oxygens (including phenoxy) is 1. The van der Waals surface area contributed by atoms with E-state index in [0.717, 1.165) is 65.0 Å². The van der Waals surface area contributed by atoms with Crippen LogP contribution < -0.4 is 5.32 Å². The first-order chi connectivity index (χ1) is 15.7. The summed E-state index contributed by atoms with van der Waals surface area (Å²) in [4.78, 5) is 12.6. The van der Waals surface area contributed by atoms with Crippen LogP contribution >= 0.6 is 22.9 Å². The Morgan fingerprint density at radius 2 is 1.81 bits per heavy atom. The van der Waals surface area contributed by atoms with Gasteiger partial charge < -0.3 is 10.1 Å². The van der Waals surface area contributed by atoms with Crippen molar-refractivity contribution in [1.82, 2.24) is 14.9 Å². The lowest BCUT2D eigenvalue weighted by Gasteiger charge is -2.31. The molecule has 0 bridgehead atoms. The number of fused-ring (bicyclic) bond motifs is 1. The second kappa shape index (κ2) is 9.55. The third kappa shape index (κ3) is 4.64. The predicted molar refractivity (Wildman–Crippen MR) is 133 cm³/mol. The van der Waals surface area contributed by atoms with Crippen LogP contribution in [-0.4, -0.2) is 47.7 Å². The van der Waals surface area contributed by atoms with Gasteiger partial charge in [-0.25, -0.2) is 9.97 Å². The standard InChI is InChI=1S/C25H25ClN4OS/c1-17-2-4-19(5-3-17)22(14-30-10-12-31-13-11-30)29-24-23-21(15-32-25(23)28-16-27-24)18-6-8-20(26)9-7-18/h2-9,15-16,22H,10-14H2,1H3,(H,27,28,29). The molecular weight excluding hydrogens is 440 g/mol. The first kappa shape index (κ1) is 21.3. The summed E-state index contributed by atoms with van der Waals surface area (Å²) in [6.07, 6.45) is 1.65. The molecule has 5 nitrogen and oxygen atoms in total. The van der Waals surface area contributed by atoms with Crippen LogP contribution in [0.4, 0.5) is 5.82 Å². The topological polar surface area (TPSA) is 50.3 Å². The average Bonchev–Trinajstić information content (AvgIpc) is 3.26. The Bertz CT molecular complexity index is 1190. The normalized spacial score (nSPS) is 15.7. The van der Waals surface area contributed by atoms with Gasteiger partial charge in [-0.3, -0.25) is 4.90 Å². The van der Waals surface area contributed by atoms with Crippen LogP contribution in [0.5, 0.6) is 0 Å². The van der Waals surface area contributed by atoms with Crippen molar-refractivity contribution in [3.63, 3.8) is 0 Å². The van der Waals surface area contributed by atoms with Crippen molar-refractivity contribution in [2.75, 3.05) is 38.2 Å². The fourth-order valence-electron chi connectivity index (χ4n) is 4.07. The molecule has 0 amide bonds. The zero-order chi connectivity index (χ0) is 21.9. The van der Waals surface area contributed by atoms with Gasteiger partial charge in [-0.15, -0.1) is 11.3 Å². The van der Waals surface area contributed by atoms with Crippen LogP contribution in [0.3, 0.4) is 0 Å². The number of hydrogen-bond donors (Lipinski definition) is 1. The number of nitrogens with zero attached hydrogens (tertiary/aromatic N) is 3. The van der Waals surface area contributed by atoms with E-state index in [1.165, 1.54) is 11.1 Å². The smallest absolute Gasteiger partial charge is 0.139 e. The lowest BCUT2D eigenvalue weighted by atomic mass is 10.0. The van der Waals surface area contributed by atoms with Crippen LogP contribution in [0, 0.1) is 6.92 Å². The summed E-state index contributed by atoms with van der Waals surface area (Å²) in [7, 11) is 0. The molecule has 2 aromatic carbocycles. The summed E-state index contributed by atoms with van der Waals surface area (Å²) < 4.78 is 5.55. The number of aromatic nitrogens is 2. The lowest BCUT2D eigenvalue weighted by Crippen LogP contribution is -2.40. The van der Waals surface area contributed by atoms with Gasteiger partial charge in [0.15, 0.2) is 0 Å². The van der Waals surface area contributed by atoms with E-state index in [-0.39, 0.29) is 6.04 Å². The highest BCUT2D eigenvalue weighted by Gasteiger charge is 2.21. The predicted octanol–water partition coefficient (Wildman–Crippen LogP) is 5.81. The molecule has 4 aromatic rings. The van der Waals surface area contributed by atoms with Crippen LogP contribution in [0.25, 0.3) is 21.3 Å². The molecule has 0 radical (unpaired) electrons. The fourth-order valence-corrected chi connectivity index (χ4v) is 5.11. The van der Waals surface area contributed by atoms with Gasteiger partial charge in [-0.2, -0.15) is 0 Å². The number of benzene rings is 2. The highest BCUT2D eigenvalue weighted by molar-refractivity contribution is 7.17. The van der Waals surface area contributed by atoms with Crippen molar-refractivity contribution < 1.29 is 4.74 Å². The van der Waals surface area contributed by atoms with Crippen molar-refractivity contribution in [1.29, 1.82) is 0 Å². The molecule has 32 heavy (non-hydrogen) atoms. The van der Waals surface area contributed by atoms with Crippen molar-refractivity contribution in [3.8, 4) is 11.1 Å². The molecule has 1 atom stereocenters. The van der Waals surface area contributed by atoms with Gasteiger partial charge in [0.2, 0.25) is 0 Å². The van der Waals surface area contributed by atoms with E-state index in [1.54, 1.807) is 17.7 Å². The molecular formula is C25H25ClN4OS.